The molecule has 2 aliphatic rings. The van der Waals surface area contributed by atoms with E-state index in [1.54, 1.807) is 0 Å². The molecule has 0 N–H and O–H groups in total. The van der Waals surface area contributed by atoms with Gasteiger partial charge >= 0.3 is 0 Å². The van der Waals surface area contributed by atoms with E-state index in [2.05, 4.69) is 277 Å². The molecule has 1 spiro atoms. The third-order valence-electron chi connectivity index (χ3n) is 17.3. The van der Waals surface area contributed by atoms with Crippen molar-refractivity contribution in [1.29, 1.82) is 0 Å². The lowest BCUT2D eigenvalue weighted by molar-refractivity contribution is 0.753. The summed E-state index contributed by atoms with van der Waals surface area (Å²) in [7, 11) is 0. The summed E-state index contributed by atoms with van der Waals surface area (Å²) in [6.07, 6.45) is 0. The number of anilines is 3. The van der Waals surface area contributed by atoms with Gasteiger partial charge in [-0.1, -0.05) is 212 Å². The zero-order valence-corrected chi connectivity index (χ0v) is 42.4. The molecule has 16 rings (SSSR count). The number of para-hydroxylation sites is 7. The number of rotatable bonds is 6. The number of aryl methyl sites for hydroxylation is 2. The van der Waals surface area contributed by atoms with Gasteiger partial charge in [0.2, 0.25) is 0 Å². The minimum Gasteiger partial charge on any atom is -0.340 e. The van der Waals surface area contributed by atoms with Crippen LogP contribution in [0.4, 0.5) is 17.1 Å². The van der Waals surface area contributed by atoms with E-state index in [4.69, 9.17) is 0 Å². The van der Waals surface area contributed by atoms with Gasteiger partial charge in [-0.25, -0.2) is 0 Å². The normalized spacial score (nSPS) is 13.3. The SMILES string of the molecule is CCn1c2ccccc2c2cccc(-c3cccc4c(-c5cccc6c5N(c5ccccc5)c5ccccc5C65c6ccccc6-c6ccccc65)c5cccc(-c6cccc7c8ccccc8n(CC)c67)c5cc34)c21. The highest BCUT2D eigenvalue weighted by Crippen LogP contribution is 2.65. The first-order valence-electron chi connectivity index (χ1n) is 27.0. The summed E-state index contributed by atoms with van der Waals surface area (Å²) in [5.41, 5.74) is 23.1. The minimum absolute atomic E-state index is 0.594. The van der Waals surface area contributed by atoms with Crippen LogP contribution in [0.1, 0.15) is 36.1 Å². The second kappa shape index (κ2) is 16.3. The van der Waals surface area contributed by atoms with Crippen LogP contribution in [0.5, 0.6) is 0 Å². The molecule has 0 bridgehead atoms. The zero-order valence-electron chi connectivity index (χ0n) is 42.4. The van der Waals surface area contributed by atoms with Crippen LogP contribution >= 0.6 is 0 Å². The Morgan fingerprint density at radius 3 is 1.28 bits per heavy atom. The van der Waals surface area contributed by atoms with Gasteiger partial charge in [0, 0.05) is 68.0 Å². The molecule has 3 nitrogen and oxygen atoms in total. The van der Waals surface area contributed by atoms with E-state index in [0.717, 1.165) is 18.8 Å². The van der Waals surface area contributed by atoms with E-state index < -0.39 is 5.41 Å². The molecule has 3 heteroatoms. The van der Waals surface area contributed by atoms with Crippen LogP contribution in [0.3, 0.4) is 0 Å². The standard InChI is InChI=1S/C73H51N3/c1-3-74-66-42-15-10-27-51(66)57-35-20-33-55(70(57)74)47-29-18-31-53-60(47)45-61-48(56-34-21-36-58-52-28-11-16-43-67(52)75(4-2)71(56)58)30-19-32-54(61)69(53)59-37-22-41-65-72(59)76(46-23-6-5-7-24-46)68-44-17-14-40-64(68)73(65)62-38-12-8-25-49(62)50-26-9-13-39-63(50)73/h5-45H,3-4H2,1-2H3. The van der Waals surface area contributed by atoms with Crippen molar-refractivity contribution < 1.29 is 0 Å². The number of aromatic nitrogens is 2. The molecule has 358 valence electrons. The summed E-state index contributed by atoms with van der Waals surface area (Å²) in [4.78, 5) is 2.58. The first kappa shape index (κ1) is 43.0. The molecule has 3 heterocycles. The molecule has 1 aliphatic carbocycles. The molecule has 1 aliphatic heterocycles. The highest BCUT2D eigenvalue weighted by molar-refractivity contribution is 6.24. The van der Waals surface area contributed by atoms with Gasteiger partial charge < -0.3 is 14.0 Å². The molecule has 14 aromatic rings. The third-order valence-corrected chi connectivity index (χ3v) is 17.3. The van der Waals surface area contributed by atoms with Crippen molar-refractivity contribution >= 4 is 82.2 Å². The third kappa shape index (κ3) is 5.61. The molecule has 12 aromatic carbocycles. The molecule has 0 atom stereocenters. The molecule has 0 fully saturated rings. The van der Waals surface area contributed by atoms with Crippen LogP contribution in [-0.4, -0.2) is 9.13 Å². The Morgan fingerprint density at radius 1 is 0.303 bits per heavy atom. The predicted molar refractivity (Wildman–Crippen MR) is 321 cm³/mol. The van der Waals surface area contributed by atoms with E-state index in [-0.39, 0.29) is 0 Å². The second-order valence-electron chi connectivity index (χ2n) is 20.7. The molecule has 76 heavy (non-hydrogen) atoms. The topological polar surface area (TPSA) is 13.1 Å². The molecule has 0 radical (unpaired) electrons. The molecule has 0 saturated heterocycles. The fraction of sp³-hybridized carbons (Fsp3) is 0.0685. The Labute approximate surface area is 441 Å². The number of benzene rings is 12. The maximum Gasteiger partial charge on any atom is 0.0754 e. The number of hydrogen-bond acceptors (Lipinski definition) is 1. The molecule has 0 unspecified atom stereocenters. The summed E-state index contributed by atoms with van der Waals surface area (Å²) in [5, 5.41) is 10.0. The molecule has 2 aromatic heterocycles. The van der Waals surface area contributed by atoms with Gasteiger partial charge in [0.25, 0.3) is 0 Å². The molecular weight excluding hydrogens is 919 g/mol. The largest absolute Gasteiger partial charge is 0.340 e. The van der Waals surface area contributed by atoms with Crippen molar-refractivity contribution in [2.24, 2.45) is 0 Å². The average molecular weight is 970 g/mol. The van der Waals surface area contributed by atoms with Crippen molar-refractivity contribution in [3.63, 3.8) is 0 Å². The van der Waals surface area contributed by atoms with E-state index in [0.29, 0.717) is 0 Å². The quantitative estimate of drug-likeness (QED) is 0.151. The molecular formula is C73H51N3. The van der Waals surface area contributed by atoms with Crippen molar-refractivity contribution in [1.82, 2.24) is 9.13 Å². The van der Waals surface area contributed by atoms with E-state index in [1.165, 1.54) is 143 Å². The number of fused-ring (bicyclic) bond motifs is 17. The lowest BCUT2D eigenvalue weighted by Crippen LogP contribution is -2.36. The number of hydrogen-bond donors (Lipinski definition) is 0. The first-order chi connectivity index (χ1) is 37.7. The zero-order chi connectivity index (χ0) is 50.2. The van der Waals surface area contributed by atoms with Crippen molar-refractivity contribution in [2.75, 3.05) is 4.90 Å². The lowest BCUT2D eigenvalue weighted by Gasteiger charge is -2.46. The van der Waals surface area contributed by atoms with Gasteiger partial charge in [-0.2, -0.15) is 0 Å². The fourth-order valence-corrected chi connectivity index (χ4v) is 14.4. The first-order valence-corrected chi connectivity index (χ1v) is 27.0. The van der Waals surface area contributed by atoms with Gasteiger partial charge in [-0.3, -0.25) is 0 Å². The highest BCUT2D eigenvalue weighted by Gasteiger charge is 2.52. The number of nitrogens with zero attached hydrogens (tertiary/aromatic N) is 3. The average Bonchev–Trinajstić information content (AvgIpc) is 4.30. The smallest absolute Gasteiger partial charge is 0.0754 e. The van der Waals surface area contributed by atoms with Gasteiger partial charge in [0.05, 0.1) is 27.8 Å². The van der Waals surface area contributed by atoms with Gasteiger partial charge in [0.1, 0.15) is 0 Å². The second-order valence-corrected chi connectivity index (χ2v) is 20.7. The lowest BCUT2D eigenvalue weighted by atomic mass is 9.64. The summed E-state index contributed by atoms with van der Waals surface area (Å²) in [6, 6.07) is 94.2. The Balaban J connectivity index is 1.09. The van der Waals surface area contributed by atoms with E-state index >= 15 is 0 Å². The van der Waals surface area contributed by atoms with Crippen LogP contribution in [0.25, 0.3) is 110 Å². The van der Waals surface area contributed by atoms with Crippen molar-refractivity contribution in [2.45, 2.75) is 32.4 Å². The van der Waals surface area contributed by atoms with E-state index in [1.807, 2.05) is 0 Å². The predicted octanol–water partition coefficient (Wildman–Crippen LogP) is 19.4. The summed E-state index contributed by atoms with van der Waals surface area (Å²) in [5.74, 6) is 0. The Morgan fingerprint density at radius 2 is 0.711 bits per heavy atom. The Hall–Kier alpha value is -9.44. The van der Waals surface area contributed by atoms with Crippen LogP contribution in [-0.2, 0) is 18.5 Å². The highest BCUT2D eigenvalue weighted by atomic mass is 15.2. The van der Waals surface area contributed by atoms with Crippen LogP contribution in [0.15, 0.2) is 249 Å². The minimum atomic E-state index is -0.594. The molecule has 0 saturated carbocycles. The molecule has 0 amide bonds. The van der Waals surface area contributed by atoms with Gasteiger partial charge in [-0.15, -0.1) is 0 Å². The summed E-state index contributed by atoms with van der Waals surface area (Å²) in [6.45, 7) is 6.28. The van der Waals surface area contributed by atoms with Crippen molar-refractivity contribution in [3.8, 4) is 44.5 Å². The summed E-state index contributed by atoms with van der Waals surface area (Å²) < 4.78 is 5.05. The monoisotopic (exact) mass is 969 g/mol. The van der Waals surface area contributed by atoms with Crippen LogP contribution in [0, 0.1) is 0 Å². The fourth-order valence-electron chi connectivity index (χ4n) is 14.4. The van der Waals surface area contributed by atoms with Gasteiger partial charge in [0.15, 0.2) is 0 Å². The van der Waals surface area contributed by atoms with Crippen LogP contribution < -0.4 is 4.90 Å². The van der Waals surface area contributed by atoms with Crippen molar-refractivity contribution in [3.05, 3.63) is 271 Å². The maximum absolute atomic E-state index is 2.58. The van der Waals surface area contributed by atoms with Gasteiger partial charge in [-0.05, 0) is 122 Å². The van der Waals surface area contributed by atoms with Crippen LogP contribution in [0.2, 0.25) is 0 Å². The Kier molecular flexibility index (Phi) is 9.21. The maximum atomic E-state index is 2.58. The van der Waals surface area contributed by atoms with E-state index in [9.17, 15) is 0 Å². The Bertz CT molecular complexity index is 4520. The summed E-state index contributed by atoms with van der Waals surface area (Å²) >= 11 is 0.